The number of nitrogens with one attached hydrogen (secondary N) is 1. The third-order valence-electron chi connectivity index (χ3n) is 3.27. The Morgan fingerprint density at radius 3 is 2.42 bits per heavy atom. The van der Waals surface area contributed by atoms with Crippen LogP contribution < -0.4 is 5.32 Å². The fraction of sp³-hybridized carbons (Fsp3) is 0.250. The molecule has 2 aromatic rings. The minimum absolute atomic E-state index is 0.0938. The van der Waals surface area contributed by atoms with E-state index in [-0.39, 0.29) is 11.9 Å². The van der Waals surface area contributed by atoms with Crippen LogP contribution in [-0.4, -0.2) is 7.05 Å². The molecule has 0 fully saturated rings. The largest absolute Gasteiger partial charge is 0.313 e. The van der Waals surface area contributed by atoms with Gasteiger partial charge in [0.15, 0.2) is 0 Å². The van der Waals surface area contributed by atoms with E-state index in [4.69, 9.17) is 11.6 Å². The van der Waals surface area contributed by atoms with Gasteiger partial charge in [-0.2, -0.15) is 0 Å². The molecule has 0 heterocycles. The van der Waals surface area contributed by atoms with Crippen LogP contribution in [0.2, 0.25) is 5.02 Å². The van der Waals surface area contributed by atoms with Gasteiger partial charge in [-0.1, -0.05) is 47.5 Å². The molecular weight excluding hydrogens is 261 g/mol. The molecule has 1 atom stereocenters. The number of rotatable bonds is 4. The molecule has 0 aliphatic heterocycles. The molecule has 0 radical (unpaired) electrons. The van der Waals surface area contributed by atoms with Gasteiger partial charge in [0.2, 0.25) is 0 Å². The van der Waals surface area contributed by atoms with E-state index in [1.54, 1.807) is 12.1 Å². The minimum atomic E-state index is -0.250. The monoisotopic (exact) mass is 277 g/mol. The zero-order valence-corrected chi connectivity index (χ0v) is 11.8. The Labute approximate surface area is 118 Å². The van der Waals surface area contributed by atoms with Crippen LogP contribution in [0.4, 0.5) is 4.39 Å². The van der Waals surface area contributed by atoms with Crippen LogP contribution in [0.3, 0.4) is 0 Å². The number of hydrogen-bond donors (Lipinski definition) is 1. The van der Waals surface area contributed by atoms with Crippen LogP contribution in [0.1, 0.15) is 22.7 Å². The average Bonchev–Trinajstić information content (AvgIpc) is 2.39. The lowest BCUT2D eigenvalue weighted by molar-refractivity contribution is 0.554. The van der Waals surface area contributed by atoms with Gasteiger partial charge in [-0.25, -0.2) is 4.39 Å². The van der Waals surface area contributed by atoms with E-state index in [1.807, 2.05) is 7.05 Å². The fourth-order valence-corrected chi connectivity index (χ4v) is 2.25. The van der Waals surface area contributed by atoms with Gasteiger partial charge in [-0.3, -0.25) is 0 Å². The molecule has 1 N–H and O–H groups in total. The van der Waals surface area contributed by atoms with Crippen molar-refractivity contribution in [2.45, 2.75) is 19.4 Å². The van der Waals surface area contributed by atoms with E-state index in [0.29, 0.717) is 17.0 Å². The molecule has 100 valence electrons. The molecule has 0 aromatic heterocycles. The number of likely N-dealkylation sites (N-methyl/N-ethyl adjacent to an activating group) is 1. The minimum Gasteiger partial charge on any atom is -0.313 e. The van der Waals surface area contributed by atoms with Gasteiger partial charge in [-0.05, 0) is 43.7 Å². The molecule has 0 amide bonds. The van der Waals surface area contributed by atoms with E-state index >= 15 is 0 Å². The molecule has 2 rings (SSSR count). The quantitative estimate of drug-likeness (QED) is 0.879. The van der Waals surface area contributed by atoms with Crippen LogP contribution in [0.5, 0.6) is 0 Å². The van der Waals surface area contributed by atoms with E-state index in [1.165, 1.54) is 11.6 Å². The smallest absolute Gasteiger partial charge is 0.127 e. The van der Waals surface area contributed by atoms with Crippen molar-refractivity contribution in [3.63, 3.8) is 0 Å². The van der Waals surface area contributed by atoms with Gasteiger partial charge in [0.1, 0.15) is 5.82 Å². The van der Waals surface area contributed by atoms with Crippen molar-refractivity contribution < 1.29 is 4.39 Å². The second-order valence-electron chi connectivity index (χ2n) is 4.69. The van der Waals surface area contributed by atoms with Crippen molar-refractivity contribution >= 4 is 11.6 Å². The first kappa shape index (κ1) is 14.0. The summed E-state index contributed by atoms with van der Waals surface area (Å²) in [6.07, 6.45) is 0.600. The summed E-state index contributed by atoms with van der Waals surface area (Å²) >= 11 is 5.77. The maximum absolute atomic E-state index is 13.8. The molecule has 0 bridgehead atoms. The van der Waals surface area contributed by atoms with E-state index in [2.05, 4.69) is 36.5 Å². The first-order valence-corrected chi connectivity index (χ1v) is 6.65. The Balaban J connectivity index is 2.21. The Bertz CT molecular complexity index is 551. The predicted molar refractivity (Wildman–Crippen MR) is 78.1 cm³/mol. The summed E-state index contributed by atoms with van der Waals surface area (Å²) in [6, 6.07) is 13.2. The Hall–Kier alpha value is -1.38. The highest BCUT2D eigenvalue weighted by Gasteiger charge is 2.12. The van der Waals surface area contributed by atoms with Gasteiger partial charge in [-0.15, -0.1) is 0 Å². The van der Waals surface area contributed by atoms with Gasteiger partial charge in [0, 0.05) is 11.1 Å². The van der Waals surface area contributed by atoms with E-state index < -0.39 is 0 Å². The third-order valence-corrected chi connectivity index (χ3v) is 3.50. The number of halogens is 2. The molecular formula is C16H17ClFN. The van der Waals surface area contributed by atoms with E-state index in [9.17, 15) is 4.39 Å². The lowest BCUT2D eigenvalue weighted by Gasteiger charge is -2.17. The van der Waals surface area contributed by atoms with Crippen LogP contribution in [0.15, 0.2) is 42.5 Å². The van der Waals surface area contributed by atoms with Gasteiger partial charge in [0.25, 0.3) is 0 Å². The normalized spacial score (nSPS) is 12.4. The Kier molecular flexibility index (Phi) is 4.56. The van der Waals surface area contributed by atoms with Gasteiger partial charge in [0.05, 0.1) is 0 Å². The second-order valence-corrected chi connectivity index (χ2v) is 5.13. The molecule has 19 heavy (non-hydrogen) atoms. The zero-order chi connectivity index (χ0) is 13.8. The standard InChI is InChI=1S/C16H17ClFN/c1-11-3-5-12(6-4-11)16(19-2)9-13-7-8-14(17)10-15(13)18/h3-8,10,16,19H,9H2,1-2H3. The summed E-state index contributed by atoms with van der Waals surface area (Å²) in [7, 11) is 1.89. The first-order valence-electron chi connectivity index (χ1n) is 6.28. The molecule has 3 heteroatoms. The summed E-state index contributed by atoms with van der Waals surface area (Å²) in [5, 5.41) is 3.66. The van der Waals surface area contributed by atoms with Crippen molar-refractivity contribution in [2.24, 2.45) is 0 Å². The van der Waals surface area contributed by atoms with Gasteiger partial charge >= 0.3 is 0 Å². The van der Waals surface area contributed by atoms with Crippen molar-refractivity contribution in [2.75, 3.05) is 7.05 Å². The number of benzene rings is 2. The fourth-order valence-electron chi connectivity index (χ4n) is 2.09. The molecule has 0 aliphatic carbocycles. The topological polar surface area (TPSA) is 12.0 Å². The Morgan fingerprint density at radius 2 is 1.84 bits per heavy atom. The van der Waals surface area contributed by atoms with Crippen LogP contribution in [0.25, 0.3) is 0 Å². The molecule has 0 saturated heterocycles. The van der Waals surface area contributed by atoms with Crippen molar-refractivity contribution in [1.82, 2.24) is 5.32 Å². The summed E-state index contributed by atoms with van der Waals surface area (Å²) in [5.41, 5.74) is 3.04. The molecule has 1 nitrogen and oxygen atoms in total. The predicted octanol–water partition coefficient (Wildman–Crippen LogP) is 4.29. The third kappa shape index (κ3) is 3.55. The summed E-state index contributed by atoms with van der Waals surface area (Å²) < 4.78 is 13.8. The molecule has 0 saturated carbocycles. The summed E-state index contributed by atoms with van der Waals surface area (Å²) in [4.78, 5) is 0. The van der Waals surface area contributed by atoms with Crippen LogP contribution in [-0.2, 0) is 6.42 Å². The van der Waals surface area contributed by atoms with Crippen molar-refractivity contribution in [3.8, 4) is 0 Å². The van der Waals surface area contributed by atoms with Crippen LogP contribution in [0, 0.1) is 12.7 Å². The highest BCUT2D eigenvalue weighted by atomic mass is 35.5. The summed E-state index contributed by atoms with van der Waals surface area (Å²) in [5.74, 6) is -0.250. The lowest BCUT2D eigenvalue weighted by Crippen LogP contribution is -2.19. The number of hydrogen-bond acceptors (Lipinski definition) is 1. The maximum Gasteiger partial charge on any atom is 0.127 e. The van der Waals surface area contributed by atoms with Gasteiger partial charge < -0.3 is 5.32 Å². The molecule has 0 spiro atoms. The maximum atomic E-state index is 13.8. The average molecular weight is 278 g/mol. The van der Waals surface area contributed by atoms with Crippen molar-refractivity contribution in [3.05, 3.63) is 70.0 Å². The highest BCUT2D eigenvalue weighted by molar-refractivity contribution is 6.30. The molecule has 1 unspecified atom stereocenters. The zero-order valence-electron chi connectivity index (χ0n) is 11.1. The molecule has 2 aromatic carbocycles. The lowest BCUT2D eigenvalue weighted by atomic mass is 9.98. The van der Waals surface area contributed by atoms with Crippen LogP contribution >= 0.6 is 11.6 Å². The number of aryl methyl sites for hydroxylation is 1. The highest BCUT2D eigenvalue weighted by Crippen LogP contribution is 2.22. The first-order chi connectivity index (χ1) is 9.10. The Morgan fingerprint density at radius 1 is 1.16 bits per heavy atom. The molecule has 0 aliphatic rings. The second kappa shape index (κ2) is 6.18. The summed E-state index contributed by atoms with van der Waals surface area (Å²) in [6.45, 7) is 2.05. The SMILES string of the molecule is CNC(Cc1ccc(Cl)cc1F)c1ccc(C)cc1. The van der Waals surface area contributed by atoms with E-state index in [0.717, 1.165) is 5.56 Å². The van der Waals surface area contributed by atoms with Crippen molar-refractivity contribution in [1.29, 1.82) is 0 Å².